The van der Waals surface area contributed by atoms with E-state index in [0.29, 0.717) is 28.8 Å². The molecule has 0 aromatic carbocycles. The second-order valence-corrected chi connectivity index (χ2v) is 12.9. The molecule has 2 saturated heterocycles. The average molecular weight is 401 g/mol. The fourth-order valence-corrected chi connectivity index (χ4v) is 10.3. The van der Waals surface area contributed by atoms with E-state index in [2.05, 4.69) is 27.7 Å². The van der Waals surface area contributed by atoms with Gasteiger partial charge < -0.3 is 9.47 Å². The van der Waals surface area contributed by atoms with E-state index in [1.165, 1.54) is 64.2 Å². The van der Waals surface area contributed by atoms with Crippen LogP contribution < -0.4 is 0 Å². The number of rotatable bonds is 0. The van der Waals surface area contributed by atoms with Gasteiger partial charge in [-0.25, -0.2) is 0 Å². The standard InChI is InChI=1S/C27H44O2/c1-17-10-14-27(28-16-17)18(2)24-23(29-27)15-22-20-9-8-19-7-5-6-12-25(19,3)21(20)11-13-26(22,24)4/h17-24H,5-16H2,1-4H3/t17-,18+,19-,20-,21+,22+,23+,24+,25+,26+,27-/m1/s1. The van der Waals surface area contributed by atoms with E-state index < -0.39 is 0 Å². The van der Waals surface area contributed by atoms with Crippen LogP contribution in [0.3, 0.4) is 0 Å². The lowest BCUT2D eigenvalue weighted by atomic mass is 9.44. The number of hydrogen-bond donors (Lipinski definition) is 0. The minimum Gasteiger partial charge on any atom is -0.349 e. The van der Waals surface area contributed by atoms with Crippen LogP contribution in [0.15, 0.2) is 0 Å². The Labute approximate surface area is 178 Å². The molecule has 11 atom stereocenters. The van der Waals surface area contributed by atoms with Crippen LogP contribution in [0.4, 0.5) is 0 Å². The first-order valence-electron chi connectivity index (χ1n) is 13.2. The highest BCUT2D eigenvalue weighted by Crippen LogP contribution is 2.71. The van der Waals surface area contributed by atoms with Crippen molar-refractivity contribution in [2.45, 2.75) is 110 Å². The summed E-state index contributed by atoms with van der Waals surface area (Å²) in [7, 11) is 0. The van der Waals surface area contributed by atoms with Crippen molar-refractivity contribution in [2.75, 3.05) is 6.61 Å². The van der Waals surface area contributed by atoms with Crippen LogP contribution in [0.2, 0.25) is 0 Å². The lowest BCUT2D eigenvalue weighted by Crippen LogP contribution is -2.54. The zero-order valence-corrected chi connectivity index (χ0v) is 19.4. The van der Waals surface area contributed by atoms with E-state index in [9.17, 15) is 0 Å². The maximum absolute atomic E-state index is 6.92. The van der Waals surface area contributed by atoms with Crippen molar-refractivity contribution in [3.63, 3.8) is 0 Å². The van der Waals surface area contributed by atoms with Crippen molar-refractivity contribution < 1.29 is 9.47 Å². The van der Waals surface area contributed by atoms with Crippen LogP contribution in [-0.4, -0.2) is 18.5 Å². The molecule has 6 rings (SSSR count). The third-order valence-electron chi connectivity index (χ3n) is 11.9. The number of fused-ring (bicyclic) bond motifs is 7. The summed E-state index contributed by atoms with van der Waals surface area (Å²) in [6, 6.07) is 0. The van der Waals surface area contributed by atoms with Crippen LogP contribution in [0.25, 0.3) is 0 Å². The van der Waals surface area contributed by atoms with Crippen LogP contribution in [0, 0.1) is 52.3 Å². The molecule has 6 fully saturated rings. The molecule has 6 aliphatic rings. The summed E-state index contributed by atoms with van der Waals surface area (Å²) in [6.07, 6.45) is 16.2. The van der Waals surface area contributed by atoms with Gasteiger partial charge in [0, 0.05) is 12.3 Å². The van der Waals surface area contributed by atoms with E-state index in [4.69, 9.17) is 9.47 Å². The smallest absolute Gasteiger partial charge is 0.171 e. The fourth-order valence-electron chi connectivity index (χ4n) is 10.3. The van der Waals surface area contributed by atoms with Gasteiger partial charge in [-0.05, 0) is 97.7 Å². The highest BCUT2D eigenvalue weighted by molar-refractivity contribution is 5.15. The highest BCUT2D eigenvalue weighted by atomic mass is 16.7. The molecule has 4 aliphatic carbocycles. The third kappa shape index (κ3) is 2.54. The van der Waals surface area contributed by atoms with Crippen LogP contribution in [0.1, 0.15) is 98.3 Å². The average Bonchev–Trinajstić information content (AvgIpc) is 3.15. The van der Waals surface area contributed by atoms with E-state index in [1.807, 2.05) is 0 Å². The van der Waals surface area contributed by atoms with Gasteiger partial charge in [-0.2, -0.15) is 0 Å². The second kappa shape index (κ2) is 6.47. The predicted octanol–water partition coefficient (Wildman–Crippen LogP) is 6.82. The molecule has 1 spiro atoms. The molecule has 4 saturated carbocycles. The van der Waals surface area contributed by atoms with Gasteiger partial charge in [-0.15, -0.1) is 0 Å². The Balaban J connectivity index is 1.27. The van der Waals surface area contributed by atoms with Gasteiger partial charge in [0.2, 0.25) is 0 Å². The zero-order chi connectivity index (χ0) is 20.0. The Hall–Kier alpha value is -0.0800. The predicted molar refractivity (Wildman–Crippen MR) is 116 cm³/mol. The summed E-state index contributed by atoms with van der Waals surface area (Å²) in [4.78, 5) is 0. The Kier molecular flexibility index (Phi) is 4.37. The Morgan fingerprint density at radius 2 is 1.66 bits per heavy atom. The molecular formula is C27H44O2. The van der Waals surface area contributed by atoms with Crippen molar-refractivity contribution >= 4 is 0 Å². The summed E-state index contributed by atoms with van der Waals surface area (Å²) in [5, 5.41) is 0. The molecule has 164 valence electrons. The third-order valence-corrected chi connectivity index (χ3v) is 11.9. The van der Waals surface area contributed by atoms with Crippen LogP contribution in [-0.2, 0) is 9.47 Å². The van der Waals surface area contributed by atoms with Crippen molar-refractivity contribution in [2.24, 2.45) is 52.3 Å². The maximum Gasteiger partial charge on any atom is 0.171 e. The fraction of sp³-hybridized carbons (Fsp3) is 1.00. The van der Waals surface area contributed by atoms with E-state index in [0.717, 1.165) is 42.6 Å². The first kappa shape index (κ1) is 19.6. The van der Waals surface area contributed by atoms with Gasteiger partial charge in [0.1, 0.15) is 0 Å². The van der Waals surface area contributed by atoms with Gasteiger partial charge in [-0.1, -0.05) is 40.5 Å². The largest absolute Gasteiger partial charge is 0.349 e. The Morgan fingerprint density at radius 1 is 0.793 bits per heavy atom. The van der Waals surface area contributed by atoms with Crippen molar-refractivity contribution in [1.82, 2.24) is 0 Å². The van der Waals surface area contributed by atoms with Crippen molar-refractivity contribution in [1.29, 1.82) is 0 Å². The first-order chi connectivity index (χ1) is 13.9. The summed E-state index contributed by atoms with van der Waals surface area (Å²) in [5.74, 6) is 5.62. The molecule has 0 bridgehead atoms. The van der Waals surface area contributed by atoms with Gasteiger partial charge in [-0.3, -0.25) is 0 Å². The highest BCUT2D eigenvalue weighted by Gasteiger charge is 2.68. The Bertz CT molecular complexity index is 651. The molecule has 0 radical (unpaired) electrons. The first-order valence-corrected chi connectivity index (χ1v) is 13.2. The van der Waals surface area contributed by atoms with Gasteiger partial charge >= 0.3 is 0 Å². The number of ether oxygens (including phenoxy) is 2. The second-order valence-electron chi connectivity index (χ2n) is 12.9. The van der Waals surface area contributed by atoms with Crippen molar-refractivity contribution in [3.05, 3.63) is 0 Å². The number of hydrogen-bond acceptors (Lipinski definition) is 2. The minimum atomic E-state index is -0.250. The van der Waals surface area contributed by atoms with Crippen LogP contribution in [0.5, 0.6) is 0 Å². The normalized spacial score (nSPS) is 61.7. The summed E-state index contributed by atoms with van der Waals surface area (Å²) in [6.45, 7) is 11.1. The lowest BCUT2D eigenvalue weighted by Gasteiger charge is -2.61. The van der Waals surface area contributed by atoms with Gasteiger partial charge in [0.05, 0.1) is 12.7 Å². The molecule has 0 aromatic heterocycles. The Morgan fingerprint density at radius 3 is 2.45 bits per heavy atom. The molecule has 2 aliphatic heterocycles. The molecule has 0 N–H and O–H groups in total. The molecule has 2 nitrogen and oxygen atoms in total. The molecule has 0 amide bonds. The maximum atomic E-state index is 6.92. The topological polar surface area (TPSA) is 18.5 Å². The van der Waals surface area contributed by atoms with E-state index >= 15 is 0 Å². The van der Waals surface area contributed by atoms with Gasteiger partial charge in [0.25, 0.3) is 0 Å². The van der Waals surface area contributed by atoms with Crippen LogP contribution >= 0.6 is 0 Å². The quantitative estimate of drug-likeness (QED) is 0.444. The van der Waals surface area contributed by atoms with Gasteiger partial charge in [0.15, 0.2) is 5.79 Å². The van der Waals surface area contributed by atoms with E-state index in [1.54, 1.807) is 0 Å². The summed E-state index contributed by atoms with van der Waals surface area (Å²) < 4.78 is 13.4. The molecular weight excluding hydrogens is 356 g/mol. The summed E-state index contributed by atoms with van der Waals surface area (Å²) >= 11 is 0. The molecule has 2 heterocycles. The lowest BCUT2D eigenvalue weighted by molar-refractivity contribution is -0.273. The monoisotopic (exact) mass is 400 g/mol. The molecule has 0 aromatic rings. The SMILES string of the molecule is C[C@@H]1CC[C@@]2(OC1)O[C@H]1C[C@H]3[C@@H]4CC[C@H]5CCCC[C@]5(C)[C@H]4CC[C@]3(C)[C@H]1[C@@H]2C. The molecule has 2 heteroatoms. The minimum absolute atomic E-state index is 0.250. The zero-order valence-electron chi connectivity index (χ0n) is 19.4. The molecule has 29 heavy (non-hydrogen) atoms. The van der Waals surface area contributed by atoms with Crippen molar-refractivity contribution in [3.8, 4) is 0 Å². The molecule has 0 unspecified atom stereocenters. The summed E-state index contributed by atoms with van der Waals surface area (Å²) in [5.41, 5.74) is 1.13. The van der Waals surface area contributed by atoms with E-state index in [-0.39, 0.29) is 5.79 Å².